The van der Waals surface area contributed by atoms with Crippen LogP contribution in [0.1, 0.15) is 12.0 Å². The fourth-order valence-corrected chi connectivity index (χ4v) is 2.56. The Kier molecular flexibility index (Phi) is 4.91. The topological polar surface area (TPSA) is 154 Å². The highest BCUT2D eigenvalue weighted by Gasteiger charge is 2.32. The van der Waals surface area contributed by atoms with E-state index in [0.717, 1.165) is 36.2 Å². The van der Waals surface area contributed by atoms with E-state index in [1.165, 1.54) is 0 Å². The molecule has 0 aromatic heterocycles. The number of hydrogen-bond donors (Lipinski definition) is 3. The number of aromatic hydroxyl groups is 1. The van der Waals surface area contributed by atoms with E-state index in [2.05, 4.69) is 15.5 Å². The van der Waals surface area contributed by atoms with Crippen molar-refractivity contribution in [3.8, 4) is 5.75 Å². The minimum atomic E-state index is -1.11. The van der Waals surface area contributed by atoms with E-state index in [1.54, 1.807) is 0 Å². The van der Waals surface area contributed by atoms with Gasteiger partial charge in [-0.05, 0) is 6.07 Å². The molecule has 1 saturated heterocycles. The zero-order chi connectivity index (χ0) is 17.0. The van der Waals surface area contributed by atoms with Gasteiger partial charge in [0.15, 0.2) is 5.17 Å². The van der Waals surface area contributed by atoms with Gasteiger partial charge in [0.05, 0.1) is 17.6 Å². The Morgan fingerprint density at radius 3 is 2.91 bits per heavy atom. The number of carbonyl (C=O) groups excluding carboxylic acids is 1. The number of nitrogens with zero attached hydrogens (tertiary/aromatic N) is 3. The summed E-state index contributed by atoms with van der Waals surface area (Å²) in [6.45, 7) is 0. The molecule has 1 aliphatic heterocycles. The van der Waals surface area contributed by atoms with Crippen LogP contribution in [0, 0.1) is 10.1 Å². The molecule has 1 heterocycles. The Hall–Kier alpha value is -2.95. The SMILES string of the molecule is O=C(O)CC1SC(=NN=Cc2cc([N+](=O)[O-])ccc2O)NC1=O. The molecule has 3 N–H and O–H groups in total. The molecule has 0 spiro atoms. The fourth-order valence-electron chi connectivity index (χ4n) is 1.65. The molecular formula is C12H10N4O6S. The Bertz CT molecular complexity index is 732. The van der Waals surface area contributed by atoms with E-state index >= 15 is 0 Å². The molecule has 1 fully saturated rings. The highest BCUT2D eigenvalue weighted by molar-refractivity contribution is 8.15. The number of nitro benzene ring substituents is 1. The molecule has 1 atom stereocenters. The maximum atomic E-state index is 11.5. The average molecular weight is 338 g/mol. The molecule has 1 amide bonds. The van der Waals surface area contributed by atoms with Crippen LogP contribution in [0.4, 0.5) is 5.69 Å². The van der Waals surface area contributed by atoms with Gasteiger partial charge in [-0.2, -0.15) is 5.10 Å². The van der Waals surface area contributed by atoms with Gasteiger partial charge in [-0.1, -0.05) is 11.8 Å². The first-order valence-corrected chi connectivity index (χ1v) is 7.02. The number of carbonyl (C=O) groups is 2. The van der Waals surface area contributed by atoms with Crippen LogP contribution >= 0.6 is 11.8 Å². The fraction of sp³-hybridized carbons (Fsp3) is 0.167. The molecule has 23 heavy (non-hydrogen) atoms. The summed E-state index contributed by atoms with van der Waals surface area (Å²) < 4.78 is 0. The monoisotopic (exact) mass is 338 g/mol. The number of non-ortho nitro benzene ring substituents is 1. The van der Waals surface area contributed by atoms with E-state index in [4.69, 9.17) is 5.11 Å². The molecule has 11 heteroatoms. The summed E-state index contributed by atoms with van der Waals surface area (Å²) in [5.74, 6) is -1.81. The minimum Gasteiger partial charge on any atom is -0.507 e. The summed E-state index contributed by atoms with van der Waals surface area (Å²) in [6.07, 6.45) is 0.747. The molecule has 0 saturated carbocycles. The van der Waals surface area contributed by atoms with Crippen LogP contribution in [0.15, 0.2) is 28.4 Å². The third-order valence-electron chi connectivity index (χ3n) is 2.70. The second-order valence-electron chi connectivity index (χ2n) is 4.34. The Labute approximate surface area is 133 Å². The number of amidine groups is 1. The molecule has 0 aliphatic carbocycles. The Morgan fingerprint density at radius 1 is 1.52 bits per heavy atom. The van der Waals surface area contributed by atoms with Gasteiger partial charge in [-0.15, -0.1) is 5.10 Å². The highest BCUT2D eigenvalue weighted by atomic mass is 32.2. The maximum Gasteiger partial charge on any atom is 0.305 e. The average Bonchev–Trinajstić information content (AvgIpc) is 2.80. The van der Waals surface area contributed by atoms with Gasteiger partial charge >= 0.3 is 5.97 Å². The van der Waals surface area contributed by atoms with Crippen molar-refractivity contribution in [1.82, 2.24) is 5.32 Å². The number of nitrogens with one attached hydrogen (secondary N) is 1. The molecular weight excluding hydrogens is 328 g/mol. The molecule has 1 unspecified atom stereocenters. The van der Waals surface area contributed by atoms with E-state index in [0.29, 0.717) is 0 Å². The predicted molar refractivity (Wildman–Crippen MR) is 81.6 cm³/mol. The molecule has 1 aromatic rings. The minimum absolute atomic E-state index is 0.0833. The van der Waals surface area contributed by atoms with Crippen molar-refractivity contribution in [3.05, 3.63) is 33.9 Å². The first kappa shape index (κ1) is 16.4. The van der Waals surface area contributed by atoms with Gasteiger partial charge in [-0.3, -0.25) is 19.7 Å². The van der Waals surface area contributed by atoms with Gasteiger partial charge in [-0.25, -0.2) is 0 Å². The van der Waals surface area contributed by atoms with E-state index in [1.807, 2.05) is 0 Å². The summed E-state index contributed by atoms with van der Waals surface area (Å²) >= 11 is 0.919. The summed E-state index contributed by atoms with van der Waals surface area (Å²) in [5.41, 5.74) is -0.137. The van der Waals surface area contributed by atoms with E-state index < -0.39 is 22.0 Å². The Morgan fingerprint density at radius 2 is 2.26 bits per heavy atom. The third kappa shape index (κ3) is 4.26. The summed E-state index contributed by atoms with van der Waals surface area (Å²) in [4.78, 5) is 32.1. The zero-order valence-electron chi connectivity index (χ0n) is 11.4. The number of hydrogen-bond acceptors (Lipinski definition) is 8. The third-order valence-corrected chi connectivity index (χ3v) is 3.78. The van der Waals surface area contributed by atoms with Crippen LogP contribution < -0.4 is 5.32 Å². The van der Waals surface area contributed by atoms with Crippen molar-refractivity contribution in [3.63, 3.8) is 0 Å². The van der Waals surface area contributed by atoms with Crippen LogP contribution in [-0.2, 0) is 9.59 Å². The zero-order valence-corrected chi connectivity index (χ0v) is 12.2. The first-order chi connectivity index (χ1) is 10.9. The second-order valence-corrected chi connectivity index (χ2v) is 5.53. The number of benzene rings is 1. The van der Waals surface area contributed by atoms with Crippen LogP contribution in [0.3, 0.4) is 0 Å². The highest BCUT2D eigenvalue weighted by Crippen LogP contribution is 2.23. The van der Waals surface area contributed by atoms with Crippen LogP contribution in [0.5, 0.6) is 5.75 Å². The van der Waals surface area contributed by atoms with Gasteiger partial charge in [0.2, 0.25) is 5.91 Å². The summed E-state index contributed by atoms with van der Waals surface area (Å²) in [5, 5.41) is 37.9. The molecule has 1 aliphatic rings. The largest absolute Gasteiger partial charge is 0.507 e. The van der Waals surface area contributed by atoms with E-state index in [9.17, 15) is 24.8 Å². The molecule has 0 bridgehead atoms. The lowest BCUT2D eigenvalue weighted by molar-refractivity contribution is -0.384. The number of amides is 1. The van der Waals surface area contributed by atoms with Crippen molar-refractivity contribution in [2.75, 3.05) is 0 Å². The second kappa shape index (κ2) is 6.87. The number of rotatable bonds is 5. The number of carboxylic acid groups (broad SMARTS) is 1. The molecule has 1 aromatic carbocycles. The van der Waals surface area contributed by atoms with Gasteiger partial charge in [0, 0.05) is 17.7 Å². The quantitative estimate of drug-likeness (QED) is 0.405. The lowest BCUT2D eigenvalue weighted by Crippen LogP contribution is -2.26. The van der Waals surface area contributed by atoms with Gasteiger partial charge in [0.1, 0.15) is 11.0 Å². The van der Waals surface area contributed by atoms with Crippen molar-refractivity contribution >= 4 is 40.7 Å². The number of nitro groups is 1. The lowest BCUT2D eigenvalue weighted by Gasteiger charge is -1.98. The number of phenols is 1. The Balaban J connectivity index is 2.10. The number of phenolic OH excluding ortho intramolecular Hbond substituents is 1. The number of carboxylic acids is 1. The summed E-state index contributed by atoms with van der Waals surface area (Å²) in [6, 6.07) is 3.41. The van der Waals surface area contributed by atoms with Crippen LogP contribution in [0.25, 0.3) is 0 Å². The van der Waals surface area contributed by atoms with Gasteiger partial charge in [0.25, 0.3) is 5.69 Å². The summed E-state index contributed by atoms with van der Waals surface area (Å²) in [7, 11) is 0. The smallest absolute Gasteiger partial charge is 0.305 e. The molecule has 2 rings (SSSR count). The van der Waals surface area contributed by atoms with Crippen molar-refractivity contribution in [2.45, 2.75) is 11.7 Å². The number of thioether (sulfide) groups is 1. The maximum absolute atomic E-state index is 11.5. The number of aliphatic carboxylic acids is 1. The molecule has 10 nitrogen and oxygen atoms in total. The van der Waals surface area contributed by atoms with Crippen molar-refractivity contribution in [1.29, 1.82) is 0 Å². The van der Waals surface area contributed by atoms with Gasteiger partial charge < -0.3 is 15.5 Å². The normalized spacial score (nSPS) is 19.2. The van der Waals surface area contributed by atoms with E-state index in [-0.39, 0.29) is 28.6 Å². The molecule has 120 valence electrons. The predicted octanol–water partition coefficient (Wildman–Crippen LogP) is 0.697. The molecule has 0 radical (unpaired) electrons. The lowest BCUT2D eigenvalue weighted by atomic mass is 10.2. The van der Waals surface area contributed by atoms with Crippen molar-refractivity contribution in [2.24, 2.45) is 10.2 Å². The van der Waals surface area contributed by atoms with Crippen LogP contribution in [-0.4, -0.2) is 43.6 Å². The standard InChI is InChI=1S/C12H10N4O6S/c17-8-2-1-7(16(21)22)3-6(8)5-13-15-12-14-11(20)9(23-12)4-10(18)19/h1-3,5,9,17H,4H2,(H,18,19)(H,14,15,20). The van der Waals surface area contributed by atoms with Crippen LogP contribution in [0.2, 0.25) is 0 Å². The van der Waals surface area contributed by atoms with Crippen molar-refractivity contribution < 1.29 is 24.7 Å². The first-order valence-electron chi connectivity index (χ1n) is 6.14.